The molecule has 0 saturated heterocycles. The first-order valence-electron chi connectivity index (χ1n) is 11.2. The fourth-order valence-electron chi connectivity index (χ4n) is 3.37. The van der Waals surface area contributed by atoms with Gasteiger partial charge in [0.15, 0.2) is 5.82 Å². The molecule has 1 aliphatic rings. The fourth-order valence-corrected chi connectivity index (χ4v) is 3.37. The number of hydroxylamine groups is 1. The summed E-state index contributed by atoms with van der Waals surface area (Å²) in [5.41, 5.74) is 4.92. The number of hydrogen-bond donors (Lipinski definition) is 4. The second-order valence-electron chi connectivity index (χ2n) is 8.06. The van der Waals surface area contributed by atoms with Crippen LogP contribution in [0, 0.1) is 12.7 Å². The van der Waals surface area contributed by atoms with Gasteiger partial charge in [0.25, 0.3) is 11.8 Å². The minimum atomic E-state index is -0.569. The SMILES string of the molecule is CCONC(=O)c1cnc(C(=O)NC2CC2)cc1Nc1cc(F)cc(-c2ncc(C)cn2)c1NC. The van der Waals surface area contributed by atoms with Crippen molar-refractivity contribution in [2.45, 2.75) is 32.7 Å². The van der Waals surface area contributed by atoms with E-state index < -0.39 is 11.7 Å². The number of nitrogens with zero attached hydrogens (tertiary/aromatic N) is 3. The Morgan fingerprint density at radius 1 is 1.06 bits per heavy atom. The molecule has 10 nitrogen and oxygen atoms in total. The molecule has 4 rings (SSSR count). The highest BCUT2D eigenvalue weighted by atomic mass is 19.1. The Kier molecular flexibility index (Phi) is 7.16. The minimum Gasteiger partial charge on any atom is -0.386 e. The first-order chi connectivity index (χ1) is 16.9. The Morgan fingerprint density at radius 2 is 1.80 bits per heavy atom. The lowest BCUT2D eigenvalue weighted by molar-refractivity contribution is 0.0365. The van der Waals surface area contributed by atoms with Crippen LogP contribution < -0.4 is 21.4 Å². The van der Waals surface area contributed by atoms with Crippen LogP contribution in [0.2, 0.25) is 0 Å². The van der Waals surface area contributed by atoms with Gasteiger partial charge in [-0.2, -0.15) is 0 Å². The van der Waals surface area contributed by atoms with Crippen LogP contribution in [0.25, 0.3) is 11.4 Å². The molecule has 182 valence electrons. The summed E-state index contributed by atoms with van der Waals surface area (Å²) >= 11 is 0. The van der Waals surface area contributed by atoms with E-state index in [1.165, 1.54) is 24.4 Å². The maximum absolute atomic E-state index is 14.7. The number of hydrogen-bond acceptors (Lipinski definition) is 8. The highest BCUT2D eigenvalue weighted by Crippen LogP contribution is 2.36. The second kappa shape index (κ2) is 10.4. The molecule has 0 bridgehead atoms. The van der Waals surface area contributed by atoms with Gasteiger partial charge < -0.3 is 16.0 Å². The van der Waals surface area contributed by atoms with E-state index in [0.29, 0.717) is 22.8 Å². The monoisotopic (exact) mass is 479 g/mol. The lowest BCUT2D eigenvalue weighted by atomic mass is 10.1. The van der Waals surface area contributed by atoms with Crippen molar-refractivity contribution in [2.75, 3.05) is 24.3 Å². The zero-order valence-electron chi connectivity index (χ0n) is 19.6. The van der Waals surface area contributed by atoms with Gasteiger partial charge in [0, 0.05) is 37.2 Å². The Balaban J connectivity index is 1.76. The number of rotatable bonds is 9. The normalized spacial score (nSPS) is 12.7. The molecule has 0 unspecified atom stereocenters. The van der Waals surface area contributed by atoms with Crippen LogP contribution >= 0.6 is 0 Å². The summed E-state index contributed by atoms with van der Waals surface area (Å²) in [6.07, 6.45) is 6.41. The number of aryl methyl sites for hydroxylation is 1. The highest BCUT2D eigenvalue weighted by molar-refractivity contribution is 6.02. The van der Waals surface area contributed by atoms with E-state index in [2.05, 4.69) is 36.4 Å². The average molecular weight is 480 g/mol. The molecule has 35 heavy (non-hydrogen) atoms. The Hall–Kier alpha value is -4.12. The highest BCUT2D eigenvalue weighted by Gasteiger charge is 2.25. The molecule has 2 aromatic heterocycles. The maximum atomic E-state index is 14.7. The van der Waals surface area contributed by atoms with Crippen molar-refractivity contribution in [1.29, 1.82) is 0 Å². The van der Waals surface area contributed by atoms with E-state index in [1.54, 1.807) is 26.4 Å². The van der Waals surface area contributed by atoms with E-state index in [-0.39, 0.29) is 35.5 Å². The van der Waals surface area contributed by atoms with Gasteiger partial charge in [0.1, 0.15) is 11.5 Å². The number of carbonyl (C=O) groups is 2. The zero-order chi connectivity index (χ0) is 24.9. The summed E-state index contributed by atoms with van der Waals surface area (Å²) in [6.45, 7) is 3.84. The molecule has 1 saturated carbocycles. The summed E-state index contributed by atoms with van der Waals surface area (Å²) < 4.78 is 14.7. The van der Waals surface area contributed by atoms with Crippen LogP contribution in [0.15, 0.2) is 36.8 Å². The smallest absolute Gasteiger partial charge is 0.278 e. The summed E-state index contributed by atoms with van der Waals surface area (Å²) in [5.74, 6) is -1.13. The fraction of sp³-hybridized carbons (Fsp3) is 0.292. The van der Waals surface area contributed by atoms with E-state index in [1.807, 2.05) is 6.92 Å². The first-order valence-corrected chi connectivity index (χ1v) is 11.2. The number of nitrogens with one attached hydrogen (secondary N) is 4. The number of benzene rings is 1. The van der Waals surface area contributed by atoms with Crippen LogP contribution in [0.4, 0.5) is 21.5 Å². The van der Waals surface area contributed by atoms with Crippen molar-refractivity contribution >= 4 is 28.9 Å². The Bertz CT molecular complexity index is 1250. The molecule has 2 heterocycles. The molecule has 3 aromatic rings. The minimum absolute atomic E-state index is 0.112. The second-order valence-corrected chi connectivity index (χ2v) is 8.06. The van der Waals surface area contributed by atoms with Crippen LogP contribution in [0.3, 0.4) is 0 Å². The predicted octanol–water partition coefficient (Wildman–Crippen LogP) is 3.34. The van der Waals surface area contributed by atoms with Crippen molar-refractivity contribution < 1.29 is 18.8 Å². The standard InChI is InChI=1S/C24H26FN7O3/c1-4-35-32-23(33)17-12-27-20(24(34)30-15-5-6-15)9-18(17)31-19-8-14(25)7-16(21(19)26-3)22-28-10-13(2)11-29-22/h7-12,15,26H,4-6H2,1-3H3,(H,27,31)(H,30,34)(H,32,33). The summed E-state index contributed by atoms with van der Waals surface area (Å²) in [6, 6.07) is 4.19. The van der Waals surface area contributed by atoms with Gasteiger partial charge in [-0.3, -0.25) is 19.4 Å². The van der Waals surface area contributed by atoms with Gasteiger partial charge in [0.2, 0.25) is 0 Å². The van der Waals surface area contributed by atoms with Gasteiger partial charge in [-0.25, -0.2) is 19.8 Å². The number of anilines is 3. The van der Waals surface area contributed by atoms with E-state index in [4.69, 9.17) is 4.84 Å². The van der Waals surface area contributed by atoms with Gasteiger partial charge in [-0.05, 0) is 50.5 Å². The number of halogens is 1. The largest absolute Gasteiger partial charge is 0.386 e. The van der Waals surface area contributed by atoms with Gasteiger partial charge in [-0.1, -0.05) is 0 Å². The van der Waals surface area contributed by atoms with Crippen molar-refractivity contribution in [1.82, 2.24) is 25.7 Å². The number of aromatic nitrogens is 3. The summed E-state index contributed by atoms with van der Waals surface area (Å²) in [7, 11) is 1.68. The summed E-state index contributed by atoms with van der Waals surface area (Å²) in [5, 5.41) is 9.00. The predicted molar refractivity (Wildman–Crippen MR) is 129 cm³/mol. The molecular formula is C24H26FN7O3. The molecular weight excluding hydrogens is 453 g/mol. The van der Waals surface area contributed by atoms with E-state index in [9.17, 15) is 14.0 Å². The third kappa shape index (κ3) is 5.69. The molecule has 0 spiro atoms. The van der Waals surface area contributed by atoms with E-state index in [0.717, 1.165) is 18.4 Å². The van der Waals surface area contributed by atoms with Gasteiger partial charge in [-0.15, -0.1) is 0 Å². The molecule has 1 aromatic carbocycles. The lowest BCUT2D eigenvalue weighted by Crippen LogP contribution is -2.28. The van der Waals surface area contributed by atoms with Gasteiger partial charge >= 0.3 is 0 Å². The average Bonchev–Trinajstić information content (AvgIpc) is 3.66. The molecule has 0 radical (unpaired) electrons. The molecule has 2 amide bonds. The zero-order valence-corrected chi connectivity index (χ0v) is 19.6. The molecule has 0 aliphatic heterocycles. The molecule has 11 heteroatoms. The molecule has 0 atom stereocenters. The maximum Gasteiger partial charge on any atom is 0.278 e. The number of amides is 2. The first kappa shape index (κ1) is 24.0. The topological polar surface area (TPSA) is 130 Å². The van der Waals surface area contributed by atoms with Crippen LogP contribution in [-0.4, -0.2) is 46.5 Å². The Morgan fingerprint density at radius 3 is 2.46 bits per heavy atom. The van der Waals surface area contributed by atoms with Crippen molar-refractivity contribution in [3.8, 4) is 11.4 Å². The van der Waals surface area contributed by atoms with Crippen molar-refractivity contribution in [3.05, 3.63) is 59.4 Å². The van der Waals surface area contributed by atoms with Crippen LogP contribution in [0.5, 0.6) is 0 Å². The van der Waals surface area contributed by atoms with E-state index >= 15 is 0 Å². The third-order valence-corrected chi connectivity index (χ3v) is 5.25. The van der Waals surface area contributed by atoms with Crippen LogP contribution in [0.1, 0.15) is 46.2 Å². The lowest BCUT2D eigenvalue weighted by Gasteiger charge is -2.18. The van der Waals surface area contributed by atoms with Crippen molar-refractivity contribution in [2.24, 2.45) is 0 Å². The molecule has 4 N–H and O–H groups in total. The number of carbonyl (C=O) groups excluding carboxylic acids is 2. The summed E-state index contributed by atoms with van der Waals surface area (Å²) in [4.78, 5) is 43.1. The molecule has 1 aliphatic carbocycles. The van der Waals surface area contributed by atoms with Crippen LogP contribution in [-0.2, 0) is 4.84 Å². The van der Waals surface area contributed by atoms with Crippen molar-refractivity contribution in [3.63, 3.8) is 0 Å². The quantitative estimate of drug-likeness (QED) is 0.344. The molecule has 1 fully saturated rings. The van der Waals surface area contributed by atoms with Gasteiger partial charge in [0.05, 0.1) is 29.2 Å². The Labute approximate surface area is 201 Å². The third-order valence-electron chi connectivity index (χ3n) is 5.25. The number of pyridine rings is 1.